The Morgan fingerprint density at radius 2 is 2.09 bits per heavy atom. The van der Waals surface area contributed by atoms with Gasteiger partial charge in [0.2, 0.25) is 0 Å². The van der Waals surface area contributed by atoms with Crippen LogP contribution in [0.2, 0.25) is 0 Å². The second-order valence-electron chi connectivity index (χ2n) is 6.56. The number of likely N-dealkylation sites (tertiary alicyclic amines) is 1. The molecular weight excluding hydrogens is 312 g/mol. The summed E-state index contributed by atoms with van der Waals surface area (Å²) in [5.41, 5.74) is 1.10. The van der Waals surface area contributed by atoms with Crippen molar-refractivity contribution >= 4 is 0 Å². The highest BCUT2D eigenvalue weighted by Crippen LogP contribution is 2.36. The van der Waals surface area contributed by atoms with Crippen LogP contribution in [0.1, 0.15) is 18.4 Å². The van der Waals surface area contributed by atoms with E-state index in [9.17, 15) is 17.6 Å². The van der Waals surface area contributed by atoms with Gasteiger partial charge in [0.05, 0.1) is 0 Å². The van der Waals surface area contributed by atoms with Gasteiger partial charge in [-0.05, 0) is 49.0 Å². The number of nitrogens with one attached hydrogen (secondary N) is 1. The maximum atomic E-state index is 13.9. The van der Waals surface area contributed by atoms with E-state index in [-0.39, 0.29) is 5.75 Å². The van der Waals surface area contributed by atoms with Crippen LogP contribution in [0.4, 0.5) is 17.6 Å². The minimum Gasteiger partial charge on any atom is -0.481 e. The molecule has 0 bridgehead atoms. The maximum Gasteiger partial charge on any atom is 0.422 e. The summed E-state index contributed by atoms with van der Waals surface area (Å²) >= 11 is 0. The second-order valence-corrected chi connectivity index (χ2v) is 6.56. The van der Waals surface area contributed by atoms with E-state index < -0.39 is 18.6 Å². The summed E-state index contributed by atoms with van der Waals surface area (Å²) in [6.07, 6.45) is -2.17. The van der Waals surface area contributed by atoms with Crippen LogP contribution < -0.4 is 10.1 Å². The summed E-state index contributed by atoms with van der Waals surface area (Å²) in [4.78, 5) is 2.28. The molecule has 7 heteroatoms. The molecular formula is C16H20F4N2O. The van der Waals surface area contributed by atoms with Crippen LogP contribution in [-0.2, 0) is 6.54 Å². The summed E-state index contributed by atoms with van der Waals surface area (Å²) in [6.45, 7) is 3.16. The van der Waals surface area contributed by atoms with Crippen LogP contribution in [-0.4, -0.2) is 43.9 Å². The Hall–Kier alpha value is -1.34. The fourth-order valence-electron chi connectivity index (χ4n) is 3.48. The lowest BCUT2D eigenvalue weighted by Gasteiger charge is -2.23. The molecule has 3 nitrogen and oxygen atoms in total. The van der Waals surface area contributed by atoms with Crippen molar-refractivity contribution in [3.8, 4) is 5.75 Å². The van der Waals surface area contributed by atoms with Gasteiger partial charge in [-0.1, -0.05) is 6.07 Å². The third kappa shape index (κ3) is 4.14. The lowest BCUT2D eigenvalue weighted by molar-refractivity contribution is -0.153. The Bertz CT molecular complexity index is 556. The van der Waals surface area contributed by atoms with Crippen molar-refractivity contribution in [3.05, 3.63) is 29.6 Å². The number of halogens is 4. The summed E-state index contributed by atoms with van der Waals surface area (Å²) in [5, 5.41) is 3.39. The SMILES string of the molecule is Fc1cc(CN2CCC3(CCNC3)C2)ccc1OCC(F)(F)F. The van der Waals surface area contributed by atoms with Crippen LogP contribution in [0.25, 0.3) is 0 Å². The average molecular weight is 332 g/mol. The van der Waals surface area contributed by atoms with E-state index in [2.05, 4.69) is 15.0 Å². The molecule has 2 heterocycles. The molecule has 0 aromatic heterocycles. The van der Waals surface area contributed by atoms with Crippen LogP contribution in [0, 0.1) is 11.2 Å². The molecule has 23 heavy (non-hydrogen) atoms. The van der Waals surface area contributed by atoms with Crippen molar-refractivity contribution in [2.75, 3.05) is 32.8 Å². The molecule has 1 aromatic rings. The summed E-state index contributed by atoms with van der Waals surface area (Å²) < 4.78 is 54.7. The molecule has 3 rings (SSSR count). The quantitative estimate of drug-likeness (QED) is 0.858. The van der Waals surface area contributed by atoms with Gasteiger partial charge in [0.25, 0.3) is 0 Å². The molecule has 128 valence electrons. The number of hydrogen-bond donors (Lipinski definition) is 1. The van der Waals surface area contributed by atoms with Gasteiger partial charge in [-0.25, -0.2) is 4.39 Å². The Balaban J connectivity index is 1.58. The highest BCUT2D eigenvalue weighted by molar-refractivity contribution is 5.29. The third-order valence-corrected chi connectivity index (χ3v) is 4.64. The molecule has 1 spiro atoms. The van der Waals surface area contributed by atoms with Gasteiger partial charge in [-0.15, -0.1) is 0 Å². The fourth-order valence-corrected chi connectivity index (χ4v) is 3.48. The summed E-state index contributed by atoms with van der Waals surface area (Å²) in [5.74, 6) is -1.10. The van der Waals surface area contributed by atoms with E-state index in [0.29, 0.717) is 12.0 Å². The van der Waals surface area contributed by atoms with E-state index in [0.717, 1.165) is 38.2 Å². The standard InChI is InChI=1S/C16H20F4N2O/c17-13-7-12(1-2-14(13)23-11-16(18,19)20)8-22-6-4-15(10-22)3-5-21-9-15/h1-2,7,21H,3-6,8-11H2. The smallest absolute Gasteiger partial charge is 0.422 e. The van der Waals surface area contributed by atoms with E-state index in [4.69, 9.17) is 0 Å². The topological polar surface area (TPSA) is 24.5 Å². The third-order valence-electron chi connectivity index (χ3n) is 4.64. The first-order valence-corrected chi connectivity index (χ1v) is 7.76. The summed E-state index contributed by atoms with van der Waals surface area (Å²) in [7, 11) is 0. The number of nitrogens with zero attached hydrogens (tertiary/aromatic N) is 1. The molecule has 1 aromatic carbocycles. The molecule has 1 atom stereocenters. The highest BCUT2D eigenvalue weighted by Gasteiger charge is 2.40. The van der Waals surface area contributed by atoms with Crippen molar-refractivity contribution in [2.24, 2.45) is 5.41 Å². The number of benzene rings is 1. The van der Waals surface area contributed by atoms with Crippen molar-refractivity contribution in [1.29, 1.82) is 0 Å². The molecule has 0 aliphatic carbocycles. The zero-order chi connectivity index (χ0) is 16.5. The fraction of sp³-hybridized carbons (Fsp3) is 0.625. The molecule has 1 unspecified atom stereocenters. The summed E-state index contributed by atoms with van der Waals surface area (Å²) in [6, 6.07) is 4.18. The van der Waals surface area contributed by atoms with Gasteiger partial charge in [-0.3, -0.25) is 4.90 Å². The van der Waals surface area contributed by atoms with Crippen LogP contribution in [0.5, 0.6) is 5.75 Å². The van der Waals surface area contributed by atoms with Gasteiger partial charge < -0.3 is 10.1 Å². The minimum absolute atomic E-state index is 0.342. The molecule has 1 N–H and O–H groups in total. The molecule has 0 radical (unpaired) electrons. The predicted molar refractivity (Wildman–Crippen MR) is 77.8 cm³/mol. The molecule has 0 saturated carbocycles. The van der Waals surface area contributed by atoms with Crippen LogP contribution in [0.3, 0.4) is 0 Å². The Morgan fingerprint density at radius 3 is 2.74 bits per heavy atom. The highest BCUT2D eigenvalue weighted by atomic mass is 19.4. The molecule has 2 saturated heterocycles. The Morgan fingerprint density at radius 1 is 1.26 bits per heavy atom. The second kappa shape index (κ2) is 6.28. The molecule has 2 aliphatic heterocycles. The molecule has 0 amide bonds. The average Bonchev–Trinajstić information content (AvgIpc) is 3.08. The normalized spacial score (nSPS) is 25.4. The van der Waals surface area contributed by atoms with E-state index >= 15 is 0 Å². The van der Waals surface area contributed by atoms with Crippen LogP contribution >= 0.6 is 0 Å². The largest absolute Gasteiger partial charge is 0.481 e. The number of hydrogen-bond acceptors (Lipinski definition) is 3. The van der Waals surface area contributed by atoms with Crippen molar-refractivity contribution in [1.82, 2.24) is 10.2 Å². The molecule has 2 fully saturated rings. The zero-order valence-electron chi connectivity index (χ0n) is 12.8. The first-order chi connectivity index (χ1) is 10.9. The molecule has 2 aliphatic rings. The van der Waals surface area contributed by atoms with E-state index in [1.54, 1.807) is 6.07 Å². The first kappa shape index (κ1) is 16.5. The van der Waals surface area contributed by atoms with Crippen molar-refractivity contribution in [3.63, 3.8) is 0 Å². The predicted octanol–water partition coefficient (Wildman–Crippen LogP) is 2.95. The van der Waals surface area contributed by atoms with Gasteiger partial charge in [0, 0.05) is 19.6 Å². The zero-order valence-corrected chi connectivity index (χ0v) is 12.8. The van der Waals surface area contributed by atoms with E-state index in [1.807, 2.05) is 0 Å². The van der Waals surface area contributed by atoms with Gasteiger partial charge >= 0.3 is 6.18 Å². The van der Waals surface area contributed by atoms with Crippen molar-refractivity contribution in [2.45, 2.75) is 25.6 Å². The number of alkyl halides is 3. The van der Waals surface area contributed by atoms with Gasteiger partial charge in [-0.2, -0.15) is 13.2 Å². The maximum absolute atomic E-state index is 13.9. The monoisotopic (exact) mass is 332 g/mol. The van der Waals surface area contributed by atoms with Gasteiger partial charge in [0.15, 0.2) is 18.2 Å². The lowest BCUT2D eigenvalue weighted by Crippen LogP contribution is -2.29. The lowest BCUT2D eigenvalue weighted by atomic mass is 9.86. The number of rotatable bonds is 4. The minimum atomic E-state index is -4.47. The first-order valence-electron chi connectivity index (χ1n) is 7.76. The Labute approximate surface area is 132 Å². The van der Waals surface area contributed by atoms with Crippen LogP contribution in [0.15, 0.2) is 18.2 Å². The Kier molecular flexibility index (Phi) is 4.51. The number of ether oxygens (including phenoxy) is 1. The van der Waals surface area contributed by atoms with E-state index in [1.165, 1.54) is 18.6 Å². The van der Waals surface area contributed by atoms with Crippen molar-refractivity contribution < 1.29 is 22.3 Å². The van der Waals surface area contributed by atoms with Gasteiger partial charge in [0.1, 0.15) is 0 Å².